The molecule has 4 unspecified atom stereocenters. The van der Waals surface area contributed by atoms with Crippen LogP contribution in [0.15, 0.2) is 11.1 Å². The summed E-state index contributed by atoms with van der Waals surface area (Å²) in [6, 6.07) is 0. The van der Waals surface area contributed by atoms with Crippen LogP contribution in [-0.4, -0.2) is 64.4 Å². The minimum Gasteiger partial charge on any atom is -0.387 e. The number of H-pyrrole nitrogens is 1. The summed E-state index contributed by atoms with van der Waals surface area (Å²) in [6.07, 6.45) is -4.18. The van der Waals surface area contributed by atoms with Crippen LogP contribution in [0.2, 0.25) is 0 Å². The number of fused-ring (bicyclic) bond motifs is 1. The van der Waals surface area contributed by atoms with Gasteiger partial charge in [0, 0.05) is 0 Å². The molecule has 7 N–H and O–H groups in total. The van der Waals surface area contributed by atoms with E-state index in [0.29, 0.717) is 0 Å². The lowest BCUT2D eigenvalue weighted by molar-refractivity contribution is -0.0504. The second-order valence-corrected chi connectivity index (χ2v) is 6.35. The maximum atomic E-state index is 11.4. The predicted octanol–water partition coefficient (Wildman–Crippen LogP) is -2.57. The Balaban J connectivity index is 1.90. The van der Waals surface area contributed by atoms with Gasteiger partial charge in [0.2, 0.25) is 0 Å². The number of nitrogens with zero attached hydrogens (tertiary/aromatic N) is 3. The number of phosphoric ester groups is 1. The molecule has 14 heteroatoms. The van der Waals surface area contributed by atoms with E-state index in [1.807, 2.05) is 0 Å². The van der Waals surface area contributed by atoms with Gasteiger partial charge in [-0.15, -0.1) is 0 Å². The summed E-state index contributed by atoms with van der Waals surface area (Å²) in [5.74, 6) is -0.0295. The Labute approximate surface area is 132 Å². The van der Waals surface area contributed by atoms with Crippen LogP contribution in [-0.2, 0) is 13.8 Å². The zero-order valence-corrected chi connectivity index (χ0v) is 12.8. The number of nitrogens with two attached hydrogens (primary N) is 1. The van der Waals surface area contributed by atoms with Crippen molar-refractivity contribution in [2.24, 2.45) is 0 Å². The molecule has 0 aliphatic carbocycles. The molecule has 1 saturated heterocycles. The van der Waals surface area contributed by atoms with Crippen LogP contribution in [0.1, 0.15) is 6.23 Å². The molecule has 0 spiro atoms. The first-order valence-corrected chi connectivity index (χ1v) is 8.14. The van der Waals surface area contributed by atoms with E-state index >= 15 is 0 Å². The molecule has 3 heterocycles. The zero-order valence-electron chi connectivity index (χ0n) is 11.9. The second-order valence-electron chi connectivity index (χ2n) is 5.11. The van der Waals surface area contributed by atoms with E-state index in [-0.39, 0.29) is 17.0 Å². The standard InChI is InChI=1S/C10H14N5O8P/c11-7-4-8(14-10(18)13-7)15(2-12-4)9-6(17)5(16)3(23-9)1-22-24(19,20)21/h2-3,5-6,9,16-17H,1H2,(H2,19,20,21)(H3,11,13,14,18). The van der Waals surface area contributed by atoms with E-state index in [1.165, 1.54) is 10.9 Å². The molecule has 0 bridgehead atoms. The van der Waals surface area contributed by atoms with Crippen molar-refractivity contribution in [3.05, 3.63) is 16.8 Å². The normalized spacial score (nSPS) is 27.8. The smallest absolute Gasteiger partial charge is 0.387 e. The van der Waals surface area contributed by atoms with Gasteiger partial charge in [0.1, 0.15) is 29.6 Å². The van der Waals surface area contributed by atoms with E-state index in [0.717, 1.165) is 0 Å². The summed E-state index contributed by atoms with van der Waals surface area (Å²) >= 11 is 0. The number of nitrogen functional groups attached to an aromatic ring is 1. The fourth-order valence-corrected chi connectivity index (χ4v) is 2.75. The Kier molecular flexibility index (Phi) is 4.17. The number of hydrogen-bond donors (Lipinski definition) is 6. The second kappa shape index (κ2) is 5.89. The summed E-state index contributed by atoms with van der Waals surface area (Å²) in [5.41, 5.74) is 5.06. The monoisotopic (exact) mass is 363 g/mol. The summed E-state index contributed by atoms with van der Waals surface area (Å²) in [7, 11) is -4.76. The van der Waals surface area contributed by atoms with Gasteiger partial charge < -0.3 is 30.5 Å². The number of nitrogens with one attached hydrogen (secondary N) is 1. The van der Waals surface area contributed by atoms with Crippen LogP contribution in [0.25, 0.3) is 11.2 Å². The van der Waals surface area contributed by atoms with Gasteiger partial charge in [-0.25, -0.2) is 14.3 Å². The lowest BCUT2D eigenvalue weighted by Gasteiger charge is -2.16. The van der Waals surface area contributed by atoms with Crippen molar-refractivity contribution in [1.82, 2.24) is 19.5 Å². The van der Waals surface area contributed by atoms with Crippen molar-refractivity contribution < 1.29 is 33.8 Å². The fraction of sp³-hybridized carbons (Fsp3) is 0.500. The molecule has 0 amide bonds. The first kappa shape index (κ1) is 17.0. The molecule has 132 valence electrons. The van der Waals surface area contributed by atoms with Gasteiger partial charge >= 0.3 is 13.5 Å². The number of aliphatic hydroxyl groups is 2. The highest BCUT2D eigenvalue weighted by Crippen LogP contribution is 2.38. The maximum absolute atomic E-state index is 11.4. The molecule has 13 nitrogen and oxygen atoms in total. The van der Waals surface area contributed by atoms with Crippen molar-refractivity contribution in [2.75, 3.05) is 12.3 Å². The summed E-state index contributed by atoms with van der Waals surface area (Å²) in [5, 5.41) is 20.1. The van der Waals surface area contributed by atoms with Crippen LogP contribution in [0.5, 0.6) is 0 Å². The van der Waals surface area contributed by atoms with Gasteiger partial charge in [0.25, 0.3) is 0 Å². The van der Waals surface area contributed by atoms with Crippen molar-refractivity contribution >= 4 is 24.8 Å². The molecule has 0 aromatic carbocycles. The van der Waals surface area contributed by atoms with E-state index in [2.05, 4.69) is 19.5 Å². The van der Waals surface area contributed by atoms with Crippen molar-refractivity contribution in [1.29, 1.82) is 0 Å². The molecule has 3 rings (SSSR count). The molecular formula is C10H14N5O8P. The van der Waals surface area contributed by atoms with Crippen LogP contribution >= 0.6 is 7.82 Å². The fourth-order valence-electron chi connectivity index (χ4n) is 2.41. The topological polar surface area (TPSA) is 206 Å². The first-order valence-electron chi connectivity index (χ1n) is 6.61. The van der Waals surface area contributed by atoms with E-state index in [4.69, 9.17) is 20.3 Å². The molecule has 1 fully saturated rings. The summed E-state index contributed by atoms with van der Waals surface area (Å²) < 4.78 is 21.6. The number of aliphatic hydroxyl groups excluding tert-OH is 2. The Hall–Kier alpha value is -1.86. The third-order valence-electron chi connectivity index (χ3n) is 3.49. The van der Waals surface area contributed by atoms with Gasteiger partial charge in [-0.2, -0.15) is 4.98 Å². The third-order valence-corrected chi connectivity index (χ3v) is 3.98. The van der Waals surface area contributed by atoms with Gasteiger partial charge in [0.05, 0.1) is 12.9 Å². The lowest BCUT2D eigenvalue weighted by atomic mass is 10.1. The van der Waals surface area contributed by atoms with Gasteiger partial charge in [-0.1, -0.05) is 0 Å². The highest BCUT2D eigenvalue weighted by Gasteiger charge is 2.45. The number of rotatable bonds is 4. The van der Waals surface area contributed by atoms with Crippen molar-refractivity contribution in [3.8, 4) is 0 Å². The number of imidazole rings is 1. The Morgan fingerprint density at radius 2 is 2.12 bits per heavy atom. The van der Waals surface area contributed by atoms with Crippen LogP contribution in [0.4, 0.5) is 5.82 Å². The number of phosphoric acid groups is 1. The SMILES string of the molecule is Nc1[nH]c(=O)nc2c1ncn2C1OC(COP(=O)(O)O)C(O)C1O. The van der Waals surface area contributed by atoms with Gasteiger partial charge in [0.15, 0.2) is 11.9 Å². The van der Waals surface area contributed by atoms with Crippen LogP contribution in [0.3, 0.4) is 0 Å². The molecule has 0 radical (unpaired) electrons. The Morgan fingerprint density at radius 1 is 1.42 bits per heavy atom. The van der Waals surface area contributed by atoms with Crippen molar-refractivity contribution in [3.63, 3.8) is 0 Å². The largest absolute Gasteiger partial charge is 0.469 e. The summed E-state index contributed by atoms with van der Waals surface area (Å²) in [4.78, 5) is 38.7. The molecule has 24 heavy (non-hydrogen) atoms. The van der Waals surface area contributed by atoms with Gasteiger partial charge in [-0.05, 0) is 0 Å². The van der Waals surface area contributed by atoms with E-state index in [9.17, 15) is 19.6 Å². The predicted molar refractivity (Wildman–Crippen MR) is 76.5 cm³/mol. The molecular weight excluding hydrogens is 349 g/mol. The number of ether oxygens (including phenoxy) is 1. The third kappa shape index (κ3) is 3.06. The van der Waals surface area contributed by atoms with E-state index < -0.39 is 44.7 Å². The van der Waals surface area contributed by atoms with E-state index in [1.54, 1.807) is 0 Å². The van der Waals surface area contributed by atoms with Crippen LogP contribution in [0, 0.1) is 0 Å². The summed E-state index contributed by atoms with van der Waals surface area (Å²) in [6.45, 7) is -0.651. The first-order chi connectivity index (χ1) is 11.2. The quantitative estimate of drug-likeness (QED) is 0.311. The maximum Gasteiger partial charge on any atom is 0.469 e. The molecule has 2 aromatic rings. The molecule has 4 atom stereocenters. The van der Waals surface area contributed by atoms with Gasteiger partial charge in [-0.3, -0.25) is 14.1 Å². The molecule has 1 aliphatic rings. The number of hydrogen-bond acceptors (Lipinski definition) is 9. The number of anilines is 1. The average Bonchev–Trinajstić information content (AvgIpc) is 3.00. The highest BCUT2D eigenvalue weighted by molar-refractivity contribution is 7.46. The molecule has 2 aromatic heterocycles. The minimum atomic E-state index is -4.76. The number of aromatic nitrogens is 4. The van der Waals surface area contributed by atoms with Crippen molar-refractivity contribution in [2.45, 2.75) is 24.5 Å². The molecule has 1 aliphatic heterocycles. The lowest BCUT2D eigenvalue weighted by Crippen LogP contribution is -2.33. The minimum absolute atomic E-state index is 0.0176. The zero-order chi connectivity index (χ0) is 17.6. The molecule has 0 saturated carbocycles. The Morgan fingerprint density at radius 3 is 2.79 bits per heavy atom. The number of aromatic amines is 1. The average molecular weight is 363 g/mol. The highest BCUT2D eigenvalue weighted by atomic mass is 31.2. The Bertz CT molecular complexity index is 861. The van der Waals surface area contributed by atoms with Crippen LogP contribution < -0.4 is 11.4 Å².